The minimum atomic E-state index is -0.434. The summed E-state index contributed by atoms with van der Waals surface area (Å²) in [5, 5.41) is 8.52. The molecule has 1 aromatic heterocycles. The first-order chi connectivity index (χ1) is 14.6. The summed E-state index contributed by atoms with van der Waals surface area (Å²) in [7, 11) is 0. The van der Waals surface area contributed by atoms with Gasteiger partial charge in [-0.05, 0) is 53.6 Å². The molecule has 1 fully saturated rings. The van der Waals surface area contributed by atoms with E-state index in [4.69, 9.17) is 0 Å². The Kier molecular flexibility index (Phi) is 4.47. The Morgan fingerprint density at radius 1 is 1.20 bits per heavy atom. The molecular formula is C24H22N4O2. The maximum atomic E-state index is 12.9. The molecule has 0 aliphatic carbocycles. The smallest absolute Gasteiger partial charge is 0.255 e. The van der Waals surface area contributed by atoms with Gasteiger partial charge in [0.2, 0.25) is 5.91 Å². The number of pyridine rings is 1. The summed E-state index contributed by atoms with van der Waals surface area (Å²) >= 11 is 0. The van der Waals surface area contributed by atoms with Gasteiger partial charge in [0.25, 0.3) is 5.91 Å². The number of benzene rings is 2. The molecule has 0 spiro atoms. The molecule has 3 heterocycles. The maximum absolute atomic E-state index is 12.9. The van der Waals surface area contributed by atoms with E-state index in [0.717, 1.165) is 22.3 Å². The third-order valence-electron chi connectivity index (χ3n) is 5.89. The van der Waals surface area contributed by atoms with E-state index in [0.29, 0.717) is 31.5 Å². The van der Waals surface area contributed by atoms with Crippen LogP contribution in [-0.2, 0) is 17.9 Å². The first kappa shape index (κ1) is 18.4. The van der Waals surface area contributed by atoms with Gasteiger partial charge in [-0.1, -0.05) is 24.8 Å². The Morgan fingerprint density at radius 3 is 2.97 bits per heavy atom. The minimum Gasteiger partial charge on any atom is -0.381 e. The number of nitrogens with one attached hydrogen (secondary N) is 2. The highest BCUT2D eigenvalue weighted by Crippen LogP contribution is 2.30. The molecule has 6 nitrogen and oxygen atoms in total. The van der Waals surface area contributed by atoms with Crippen molar-refractivity contribution in [3.63, 3.8) is 0 Å². The molecule has 6 heteroatoms. The number of hydrogen-bond acceptors (Lipinski definition) is 4. The van der Waals surface area contributed by atoms with Crippen LogP contribution in [0.15, 0.2) is 67.1 Å². The average Bonchev–Trinajstić information content (AvgIpc) is 3.08. The van der Waals surface area contributed by atoms with Crippen molar-refractivity contribution < 1.29 is 9.59 Å². The summed E-state index contributed by atoms with van der Waals surface area (Å²) < 4.78 is 0. The summed E-state index contributed by atoms with van der Waals surface area (Å²) in [6, 6.07) is 13.6. The van der Waals surface area contributed by atoms with Crippen molar-refractivity contribution in [1.29, 1.82) is 0 Å². The second-order valence-electron chi connectivity index (χ2n) is 7.82. The van der Waals surface area contributed by atoms with Gasteiger partial charge in [-0.2, -0.15) is 0 Å². The number of nitrogens with zero attached hydrogens (tertiary/aromatic N) is 2. The molecule has 2 aliphatic rings. The van der Waals surface area contributed by atoms with Gasteiger partial charge in [0, 0.05) is 47.8 Å². The van der Waals surface area contributed by atoms with Gasteiger partial charge in [-0.15, -0.1) is 0 Å². The molecule has 30 heavy (non-hydrogen) atoms. The van der Waals surface area contributed by atoms with Crippen molar-refractivity contribution >= 4 is 28.3 Å². The van der Waals surface area contributed by atoms with E-state index < -0.39 is 6.04 Å². The molecule has 1 atom stereocenters. The van der Waals surface area contributed by atoms with Crippen molar-refractivity contribution in [3.8, 4) is 0 Å². The number of piperidine rings is 1. The first-order valence-electron chi connectivity index (χ1n) is 10.1. The van der Waals surface area contributed by atoms with Crippen molar-refractivity contribution in [3.05, 3.63) is 83.8 Å². The lowest BCUT2D eigenvalue weighted by atomic mass is 10.0. The maximum Gasteiger partial charge on any atom is 0.255 e. The lowest BCUT2D eigenvalue weighted by molar-refractivity contribution is -0.126. The lowest BCUT2D eigenvalue weighted by Gasteiger charge is -2.30. The second-order valence-corrected chi connectivity index (χ2v) is 7.82. The van der Waals surface area contributed by atoms with Crippen LogP contribution in [0.2, 0.25) is 0 Å². The third-order valence-corrected chi connectivity index (χ3v) is 5.89. The molecule has 0 radical (unpaired) electrons. The van der Waals surface area contributed by atoms with Gasteiger partial charge >= 0.3 is 0 Å². The van der Waals surface area contributed by atoms with E-state index in [1.165, 1.54) is 10.9 Å². The highest BCUT2D eigenvalue weighted by molar-refractivity contribution is 6.01. The summed E-state index contributed by atoms with van der Waals surface area (Å²) in [6.07, 6.45) is 4.98. The van der Waals surface area contributed by atoms with Crippen LogP contribution in [0.3, 0.4) is 0 Å². The van der Waals surface area contributed by atoms with E-state index in [2.05, 4.69) is 34.3 Å². The zero-order valence-electron chi connectivity index (χ0n) is 16.5. The van der Waals surface area contributed by atoms with Crippen molar-refractivity contribution in [2.75, 3.05) is 5.32 Å². The molecule has 150 valence electrons. The molecule has 0 bridgehead atoms. The van der Waals surface area contributed by atoms with Crippen LogP contribution < -0.4 is 10.6 Å². The SMILES string of the molecule is C=C1CCC(N2Cc3cc(NCc4cccc5cnccc45)ccc3C2=O)C(=O)N1. The second kappa shape index (κ2) is 7.30. The Bertz CT molecular complexity index is 1180. The highest BCUT2D eigenvalue weighted by Gasteiger charge is 2.38. The molecule has 2 aliphatic heterocycles. The van der Waals surface area contributed by atoms with Crippen molar-refractivity contribution in [2.24, 2.45) is 0 Å². The Hall–Kier alpha value is -3.67. The monoisotopic (exact) mass is 398 g/mol. The molecule has 1 saturated heterocycles. The quantitative estimate of drug-likeness (QED) is 0.704. The summed E-state index contributed by atoms with van der Waals surface area (Å²) in [5.41, 5.74) is 4.48. The number of fused-ring (bicyclic) bond motifs is 2. The van der Waals surface area contributed by atoms with Gasteiger partial charge in [0.05, 0.1) is 0 Å². The zero-order valence-corrected chi connectivity index (χ0v) is 16.5. The van der Waals surface area contributed by atoms with Gasteiger partial charge in [-0.25, -0.2) is 0 Å². The summed E-state index contributed by atoms with van der Waals surface area (Å²) in [6.45, 7) is 4.94. The topological polar surface area (TPSA) is 74.3 Å². The number of rotatable bonds is 4. The van der Waals surface area contributed by atoms with E-state index in [9.17, 15) is 9.59 Å². The summed E-state index contributed by atoms with van der Waals surface area (Å²) in [5.74, 6) is -0.220. The predicted octanol–water partition coefficient (Wildman–Crippen LogP) is 3.60. The van der Waals surface area contributed by atoms with Crippen molar-refractivity contribution in [2.45, 2.75) is 32.0 Å². The van der Waals surface area contributed by atoms with Gasteiger partial charge < -0.3 is 15.5 Å². The normalized spacial score (nSPS) is 18.5. The predicted molar refractivity (Wildman–Crippen MR) is 116 cm³/mol. The summed E-state index contributed by atoms with van der Waals surface area (Å²) in [4.78, 5) is 31.1. The molecule has 2 N–H and O–H groups in total. The number of carbonyl (C=O) groups is 2. The molecule has 0 saturated carbocycles. The standard InChI is InChI=1S/C24H22N4O2/c1-15-5-8-22(23(29)27-15)28-14-18-11-19(6-7-21(18)24(28)30)26-13-17-4-2-3-16-12-25-10-9-20(16)17/h2-4,6-7,9-12,22,26H,1,5,8,13-14H2,(H,27,29). The molecule has 5 rings (SSSR count). The number of anilines is 1. The molecule has 3 aromatic rings. The molecule has 1 unspecified atom stereocenters. The fourth-order valence-electron chi connectivity index (χ4n) is 4.31. The van der Waals surface area contributed by atoms with Crippen LogP contribution in [0.4, 0.5) is 5.69 Å². The van der Waals surface area contributed by atoms with E-state index in [1.807, 2.05) is 36.5 Å². The Morgan fingerprint density at radius 2 is 2.10 bits per heavy atom. The van der Waals surface area contributed by atoms with E-state index in [1.54, 1.807) is 11.1 Å². The van der Waals surface area contributed by atoms with E-state index >= 15 is 0 Å². The Labute approximate surface area is 174 Å². The average molecular weight is 398 g/mol. The zero-order chi connectivity index (χ0) is 20.7. The largest absolute Gasteiger partial charge is 0.381 e. The van der Waals surface area contributed by atoms with Gasteiger partial charge in [-0.3, -0.25) is 14.6 Å². The van der Waals surface area contributed by atoms with Crippen LogP contribution in [-0.4, -0.2) is 27.7 Å². The van der Waals surface area contributed by atoms with Gasteiger partial charge in [0.1, 0.15) is 6.04 Å². The number of aromatic nitrogens is 1. The number of amides is 2. The number of carbonyl (C=O) groups excluding carboxylic acids is 2. The first-order valence-corrected chi connectivity index (χ1v) is 10.1. The van der Waals surface area contributed by atoms with Crippen LogP contribution in [0.5, 0.6) is 0 Å². The number of hydrogen-bond donors (Lipinski definition) is 2. The van der Waals surface area contributed by atoms with Crippen LogP contribution >= 0.6 is 0 Å². The van der Waals surface area contributed by atoms with Crippen LogP contribution in [0.1, 0.15) is 34.3 Å². The van der Waals surface area contributed by atoms with E-state index in [-0.39, 0.29) is 11.8 Å². The minimum absolute atomic E-state index is 0.0780. The van der Waals surface area contributed by atoms with Gasteiger partial charge in [0.15, 0.2) is 0 Å². The molecule has 2 aromatic carbocycles. The lowest BCUT2D eigenvalue weighted by Crippen LogP contribution is -2.49. The fourth-order valence-corrected chi connectivity index (χ4v) is 4.31. The highest BCUT2D eigenvalue weighted by atomic mass is 16.2. The molecular weight excluding hydrogens is 376 g/mol. The van der Waals surface area contributed by atoms with Crippen LogP contribution in [0.25, 0.3) is 10.8 Å². The third kappa shape index (κ3) is 3.20. The fraction of sp³-hybridized carbons (Fsp3) is 0.208. The van der Waals surface area contributed by atoms with Crippen molar-refractivity contribution in [1.82, 2.24) is 15.2 Å². The Balaban J connectivity index is 1.33. The molecule has 2 amide bonds. The number of allylic oxidation sites excluding steroid dienone is 1. The van der Waals surface area contributed by atoms with Crippen LogP contribution in [0, 0.1) is 0 Å².